The number of thioether (sulfide) groups is 1. The second kappa shape index (κ2) is 8.04. The number of nitrogens with zero attached hydrogens (tertiary/aromatic N) is 4. The Morgan fingerprint density at radius 2 is 2.04 bits per heavy atom. The first-order valence-corrected chi connectivity index (χ1v) is 10.1. The van der Waals surface area contributed by atoms with Crippen molar-refractivity contribution in [3.8, 4) is 11.4 Å². The predicted molar refractivity (Wildman–Crippen MR) is 102 cm³/mol. The van der Waals surface area contributed by atoms with E-state index in [0.29, 0.717) is 33.9 Å². The molecule has 27 heavy (non-hydrogen) atoms. The van der Waals surface area contributed by atoms with Crippen molar-refractivity contribution < 1.29 is 9.18 Å². The molecule has 140 valence electrons. The van der Waals surface area contributed by atoms with Crippen LogP contribution in [0.25, 0.3) is 17.0 Å². The van der Waals surface area contributed by atoms with E-state index in [1.807, 2.05) is 6.07 Å². The van der Waals surface area contributed by atoms with Crippen LogP contribution >= 0.6 is 11.8 Å². The van der Waals surface area contributed by atoms with Crippen molar-refractivity contribution in [2.45, 2.75) is 43.2 Å². The maximum absolute atomic E-state index is 13.5. The fourth-order valence-electron chi connectivity index (χ4n) is 3.31. The van der Waals surface area contributed by atoms with Gasteiger partial charge in [-0.3, -0.25) is 4.79 Å². The lowest BCUT2D eigenvalue weighted by atomic mass is 9.95. The van der Waals surface area contributed by atoms with Gasteiger partial charge in [0.1, 0.15) is 10.8 Å². The lowest BCUT2D eigenvalue weighted by molar-refractivity contribution is -0.119. The zero-order chi connectivity index (χ0) is 18.6. The van der Waals surface area contributed by atoms with Crippen LogP contribution < -0.4 is 5.32 Å². The van der Waals surface area contributed by atoms with Crippen molar-refractivity contribution in [3.63, 3.8) is 0 Å². The molecular weight excluding hydrogens is 365 g/mol. The van der Waals surface area contributed by atoms with Crippen LogP contribution in [0.2, 0.25) is 0 Å². The van der Waals surface area contributed by atoms with Gasteiger partial charge < -0.3 is 5.32 Å². The molecule has 1 N–H and O–H groups in total. The lowest BCUT2D eigenvalue weighted by Crippen LogP contribution is -2.37. The minimum atomic E-state index is -0.339. The van der Waals surface area contributed by atoms with Gasteiger partial charge in [-0.05, 0) is 37.1 Å². The van der Waals surface area contributed by atoms with E-state index in [4.69, 9.17) is 0 Å². The normalized spacial score (nSPS) is 15.1. The van der Waals surface area contributed by atoms with Crippen molar-refractivity contribution in [1.82, 2.24) is 25.1 Å². The first kappa shape index (κ1) is 17.9. The molecule has 0 saturated heterocycles. The average Bonchev–Trinajstić information content (AvgIpc) is 3.10. The molecule has 2 aromatic heterocycles. The zero-order valence-corrected chi connectivity index (χ0v) is 15.6. The molecule has 0 radical (unpaired) electrons. The van der Waals surface area contributed by atoms with Gasteiger partial charge in [0, 0.05) is 11.6 Å². The highest BCUT2D eigenvalue weighted by molar-refractivity contribution is 7.99. The number of hydrogen-bond acceptors (Lipinski definition) is 5. The highest BCUT2D eigenvalue weighted by Crippen LogP contribution is 2.22. The van der Waals surface area contributed by atoms with E-state index in [0.717, 1.165) is 12.8 Å². The maximum atomic E-state index is 13.5. The van der Waals surface area contributed by atoms with Gasteiger partial charge in [-0.15, -0.1) is 10.2 Å². The molecule has 1 saturated carbocycles. The summed E-state index contributed by atoms with van der Waals surface area (Å²) in [5, 5.41) is 16.5. The van der Waals surface area contributed by atoms with Crippen molar-refractivity contribution in [2.75, 3.05) is 5.75 Å². The predicted octanol–water partition coefficient (Wildman–Crippen LogP) is 3.47. The fraction of sp³-hybridized carbons (Fsp3) is 0.368. The number of benzene rings is 1. The second-order valence-electron chi connectivity index (χ2n) is 6.67. The van der Waals surface area contributed by atoms with Crippen LogP contribution in [0.1, 0.15) is 32.1 Å². The van der Waals surface area contributed by atoms with E-state index >= 15 is 0 Å². The Balaban J connectivity index is 1.46. The first-order chi connectivity index (χ1) is 13.2. The lowest BCUT2D eigenvalue weighted by Gasteiger charge is -2.22. The third kappa shape index (κ3) is 4.27. The van der Waals surface area contributed by atoms with Crippen LogP contribution in [0.5, 0.6) is 0 Å². The van der Waals surface area contributed by atoms with Crippen LogP contribution in [0.15, 0.2) is 41.4 Å². The monoisotopic (exact) mass is 385 g/mol. The summed E-state index contributed by atoms with van der Waals surface area (Å²) >= 11 is 1.37. The van der Waals surface area contributed by atoms with Crippen molar-refractivity contribution in [3.05, 3.63) is 42.2 Å². The van der Waals surface area contributed by atoms with Gasteiger partial charge in [-0.25, -0.2) is 4.39 Å². The molecule has 1 aliphatic carbocycles. The zero-order valence-electron chi connectivity index (χ0n) is 14.8. The van der Waals surface area contributed by atoms with Gasteiger partial charge in [0.25, 0.3) is 0 Å². The van der Waals surface area contributed by atoms with Gasteiger partial charge in [0.2, 0.25) is 5.91 Å². The summed E-state index contributed by atoms with van der Waals surface area (Å²) in [4.78, 5) is 12.2. The average molecular weight is 385 g/mol. The maximum Gasteiger partial charge on any atom is 0.230 e. The Bertz CT molecular complexity index is 954. The Morgan fingerprint density at radius 1 is 1.19 bits per heavy atom. The topological polar surface area (TPSA) is 72.2 Å². The molecule has 0 spiro atoms. The van der Waals surface area contributed by atoms with E-state index in [9.17, 15) is 9.18 Å². The summed E-state index contributed by atoms with van der Waals surface area (Å²) in [7, 11) is 0. The molecule has 2 heterocycles. The van der Waals surface area contributed by atoms with Gasteiger partial charge >= 0.3 is 0 Å². The van der Waals surface area contributed by atoms with Crippen LogP contribution in [-0.2, 0) is 4.79 Å². The number of amides is 1. The molecule has 1 aromatic carbocycles. The number of rotatable bonds is 5. The molecule has 8 heteroatoms. The molecule has 0 bridgehead atoms. The molecule has 3 aromatic rings. The Morgan fingerprint density at radius 3 is 2.85 bits per heavy atom. The van der Waals surface area contributed by atoms with Crippen LogP contribution in [0.4, 0.5) is 4.39 Å². The van der Waals surface area contributed by atoms with Gasteiger partial charge in [-0.2, -0.15) is 9.61 Å². The fourth-order valence-corrected chi connectivity index (χ4v) is 3.98. The Labute approximate surface area is 160 Å². The third-order valence-electron chi connectivity index (χ3n) is 4.64. The van der Waals surface area contributed by atoms with E-state index in [-0.39, 0.29) is 11.7 Å². The molecule has 0 atom stereocenters. The first-order valence-electron chi connectivity index (χ1n) is 9.09. The SMILES string of the molecule is O=C(CSc1ccc2nnc(-c3cccc(F)c3)n2n1)NC1CCCCC1. The van der Waals surface area contributed by atoms with Crippen molar-refractivity contribution in [1.29, 1.82) is 0 Å². The molecule has 4 rings (SSSR count). The molecule has 0 aliphatic heterocycles. The van der Waals surface area contributed by atoms with Gasteiger partial charge in [0.05, 0.1) is 5.75 Å². The number of aromatic nitrogens is 4. The van der Waals surface area contributed by atoms with Crippen LogP contribution in [0, 0.1) is 5.82 Å². The summed E-state index contributed by atoms with van der Waals surface area (Å²) in [6.45, 7) is 0. The van der Waals surface area contributed by atoms with Gasteiger partial charge in [-0.1, -0.05) is 43.2 Å². The van der Waals surface area contributed by atoms with E-state index in [1.165, 1.54) is 43.2 Å². The van der Waals surface area contributed by atoms with E-state index in [2.05, 4.69) is 20.6 Å². The summed E-state index contributed by atoms with van der Waals surface area (Å²) < 4.78 is 15.1. The summed E-state index contributed by atoms with van der Waals surface area (Å²) in [6, 6.07) is 10.1. The largest absolute Gasteiger partial charge is 0.353 e. The Hall–Kier alpha value is -2.48. The molecule has 0 unspecified atom stereocenters. The number of carbonyl (C=O) groups excluding carboxylic acids is 1. The Kier molecular flexibility index (Phi) is 5.33. The molecule has 1 aliphatic rings. The molecule has 6 nitrogen and oxygen atoms in total. The van der Waals surface area contributed by atoms with Crippen molar-refractivity contribution >= 4 is 23.3 Å². The summed E-state index contributed by atoms with van der Waals surface area (Å²) in [5.41, 5.74) is 1.18. The van der Waals surface area contributed by atoms with Crippen molar-refractivity contribution in [2.24, 2.45) is 0 Å². The highest BCUT2D eigenvalue weighted by Gasteiger charge is 2.16. The second-order valence-corrected chi connectivity index (χ2v) is 7.66. The van der Waals surface area contributed by atoms with E-state index < -0.39 is 0 Å². The highest BCUT2D eigenvalue weighted by atomic mass is 32.2. The number of hydrogen-bond donors (Lipinski definition) is 1. The summed E-state index contributed by atoms with van der Waals surface area (Å²) in [5.74, 6) is 0.475. The van der Waals surface area contributed by atoms with Gasteiger partial charge in [0.15, 0.2) is 11.5 Å². The molecule has 1 fully saturated rings. The van der Waals surface area contributed by atoms with Crippen LogP contribution in [-0.4, -0.2) is 37.5 Å². The van der Waals surface area contributed by atoms with Crippen LogP contribution in [0.3, 0.4) is 0 Å². The third-order valence-corrected chi connectivity index (χ3v) is 5.56. The summed E-state index contributed by atoms with van der Waals surface area (Å²) in [6.07, 6.45) is 5.77. The number of nitrogens with one attached hydrogen (secondary N) is 1. The number of carbonyl (C=O) groups is 1. The van der Waals surface area contributed by atoms with E-state index in [1.54, 1.807) is 22.7 Å². The molecule has 1 amide bonds. The standard InChI is InChI=1S/C19H20FN5OS/c20-14-6-4-5-13(11-14)19-23-22-16-9-10-18(24-25(16)19)27-12-17(26)21-15-7-2-1-3-8-15/h4-6,9-11,15H,1-3,7-8,12H2,(H,21,26). The number of fused-ring (bicyclic) bond motifs is 1. The smallest absolute Gasteiger partial charge is 0.230 e. The quantitative estimate of drug-likeness (QED) is 0.681. The minimum Gasteiger partial charge on any atom is -0.353 e. The number of halogens is 1. The minimum absolute atomic E-state index is 0.0305. The molecular formula is C19H20FN5OS.